The summed E-state index contributed by atoms with van der Waals surface area (Å²) in [6.07, 6.45) is 0. The van der Waals surface area contributed by atoms with Crippen LogP contribution in [0.4, 0.5) is 10.3 Å². The summed E-state index contributed by atoms with van der Waals surface area (Å²) in [5, 5.41) is 24.5. The molecule has 0 atom stereocenters. The number of carbonyl (C=O) groups is 2. The van der Waals surface area contributed by atoms with Gasteiger partial charge in [-0.2, -0.15) is 0 Å². The smallest absolute Gasteiger partial charge is 0.261 e. The Morgan fingerprint density at radius 1 is 1.00 bits per heavy atom. The second-order valence-corrected chi connectivity index (χ2v) is 9.54. The Hall–Kier alpha value is -3.09. The molecule has 0 saturated carbocycles. The van der Waals surface area contributed by atoms with Crippen LogP contribution in [0.1, 0.15) is 15.4 Å². The molecule has 0 saturated heterocycles. The number of rotatable bonds is 7. The van der Waals surface area contributed by atoms with Crippen LogP contribution in [0.25, 0.3) is 10.8 Å². The fourth-order valence-electron chi connectivity index (χ4n) is 2.75. The molecule has 2 heterocycles. The van der Waals surface area contributed by atoms with Crippen molar-refractivity contribution in [3.63, 3.8) is 0 Å². The second-order valence-electron chi connectivity index (χ2n) is 6.16. The summed E-state index contributed by atoms with van der Waals surface area (Å²) in [6.45, 7) is 1.81. The summed E-state index contributed by atoms with van der Waals surface area (Å²) < 4.78 is 6.05. The van der Waals surface area contributed by atoms with E-state index >= 15 is 0 Å². The van der Waals surface area contributed by atoms with Gasteiger partial charge in [-0.25, -0.2) is 0 Å². The van der Waals surface area contributed by atoms with E-state index in [1.54, 1.807) is 6.07 Å². The predicted octanol–water partition coefficient (Wildman–Crippen LogP) is 3.84. The highest BCUT2D eigenvalue weighted by atomic mass is 32.2. The average Bonchev–Trinajstić information content (AvgIpc) is 3.39. The van der Waals surface area contributed by atoms with Crippen molar-refractivity contribution in [2.45, 2.75) is 11.3 Å². The molecular weight excluding hydrogens is 456 g/mol. The average molecular weight is 473 g/mol. The highest BCUT2D eigenvalue weighted by Gasteiger charge is 2.17. The molecule has 0 fully saturated rings. The van der Waals surface area contributed by atoms with Gasteiger partial charge in [0.15, 0.2) is 4.34 Å². The number of hydrogen-bond acceptors (Lipinski definition) is 10. The van der Waals surface area contributed by atoms with E-state index < -0.39 is 0 Å². The molecule has 2 N–H and O–H groups in total. The molecule has 9 nitrogen and oxygen atoms in total. The maximum absolute atomic E-state index is 12.8. The van der Waals surface area contributed by atoms with E-state index in [1.807, 2.05) is 37.3 Å². The number of ether oxygens (including phenoxy) is 1. The van der Waals surface area contributed by atoms with Crippen molar-refractivity contribution in [2.75, 3.05) is 23.5 Å². The van der Waals surface area contributed by atoms with Gasteiger partial charge in [0.2, 0.25) is 16.2 Å². The van der Waals surface area contributed by atoms with Crippen LogP contribution in [-0.4, -0.2) is 45.1 Å². The first-order chi connectivity index (χ1) is 15.0. The Kier molecular flexibility index (Phi) is 6.39. The minimum atomic E-state index is -0.348. The zero-order valence-corrected chi connectivity index (χ0v) is 18.9. The third-order valence-corrected chi connectivity index (χ3v) is 6.78. The minimum absolute atomic E-state index is 0.139. The van der Waals surface area contributed by atoms with Gasteiger partial charge in [-0.1, -0.05) is 64.8 Å². The van der Waals surface area contributed by atoms with Crippen molar-refractivity contribution in [1.82, 2.24) is 20.4 Å². The molecular formula is C19H16N6O3S3. The summed E-state index contributed by atoms with van der Waals surface area (Å²) in [7, 11) is 1.53. The van der Waals surface area contributed by atoms with Crippen molar-refractivity contribution in [3.05, 3.63) is 47.0 Å². The number of nitrogens with zero attached hydrogens (tertiary/aromatic N) is 4. The Morgan fingerprint density at radius 3 is 2.55 bits per heavy atom. The summed E-state index contributed by atoms with van der Waals surface area (Å²) in [4.78, 5) is 24.8. The minimum Gasteiger partial charge on any atom is -0.495 e. The van der Waals surface area contributed by atoms with Gasteiger partial charge < -0.3 is 4.74 Å². The lowest BCUT2D eigenvalue weighted by Crippen LogP contribution is -2.13. The third-order valence-electron chi connectivity index (χ3n) is 4.05. The lowest BCUT2D eigenvalue weighted by atomic mass is 10.0. The molecule has 0 aliphatic heterocycles. The number of hydrogen-bond donors (Lipinski definition) is 2. The van der Waals surface area contributed by atoms with Gasteiger partial charge in [-0.15, -0.1) is 20.4 Å². The Balaban J connectivity index is 1.39. The van der Waals surface area contributed by atoms with Gasteiger partial charge in [-0.05, 0) is 18.4 Å². The highest BCUT2D eigenvalue weighted by molar-refractivity contribution is 8.01. The van der Waals surface area contributed by atoms with Crippen LogP contribution in [0.2, 0.25) is 0 Å². The monoisotopic (exact) mass is 472 g/mol. The van der Waals surface area contributed by atoms with E-state index in [9.17, 15) is 9.59 Å². The first kappa shape index (κ1) is 21.2. The van der Waals surface area contributed by atoms with Crippen LogP contribution in [0.3, 0.4) is 0 Å². The SMILES string of the molecule is COc1c(C(=O)Nc2nnc(SCC(=O)Nc3nnc(C)s3)s2)ccc2ccccc12. The number of thioether (sulfide) groups is 1. The van der Waals surface area contributed by atoms with Crippen molar-refractivity contribution in [2.24, 2.45) is 0 Å². The van der Waals surface area contributed by atoms with Crippen LogP contribution in [0, 0.1) is 6.92 Å². The molecule has 31 heavy (non-hydrogen) atoms. The summed E-state index contributed by atoms with van der Waals surface area (Å²) in [5.74, 6) is 0.0699. The van der Waals surface area contributed by atoms with E-state index in [2.05, 4.69) is 31.0 Å². The summed E-state index contributed by atoms with van der Waals surface area (Å²) in [6, 6.07) is 11.3. The molecule has 4 rings (SSSR count). The molecule has 4 aromatic rings. The van der Waals surface area contributed by atoms with E-state index in [-0.39, 0.29) is 17.6 Å². The predicted molar refractivity (Wildman–Crippen MR) is 122 cm³/mol. The number of fused-ring (bicyclic) bond motifs is 1. The molecule has 12 heteroatoms. The topological polar surface area (TPSA) is 119 Å². The molecule has 0 aliphatic rings. The largest absolute Gasteiger partial charge is 0.495 e. The first-order valence-corrected chi connectivity index (χ1v) is 11.6. The number of methoxy groups -OCH3 is 1. The van der Waals surface area contributed by atoms with E-state index in [0.29, 0.717) is 25.9 Å². The van der Waals surface area contributed by atoms with Gasteiger partial charge in [0, 0.05) is 5.39 Å². The quantitative estimate of drug-likeness (QED) is 0.308. The number of nitrogens with one attached hydrogen (secondary N) is 2. The second kappa shape index (κ2) is 9.37. The van der Waals surface area contributed by atoms with Gasteiger partial charge >= 0.3 is 0 Å². The molecule has 0 bridgehead atoms. The molecule has 0 spiro atoms. The van der Waals surface area contributed by atoms with Gasteiger partial charge in [0.25, 0.3) is 5.91 Å². The van der Waals surface area contributed by atoms with Gasteiger partial charge in [0.05, 0.1) is 18.4 Å². The standard InChI is InChI=1S/C19H16N6O3S3/c1-10-22-23-17(30-10)20-14(26)9-29-19-25-24-18(31-19)21-16(27)13-8-7-11-5-3-4-6-12(11)15(13)28-2/h3-8H,9H2,1-2H3,(H,20,23,26)(H,21,24,27). The number of aromatic nitrogens is 4. The van der Waals surface area contributed by atoms with Crippen molar-refractivity contribution >= 4 is 67.3 Å². The maximum Gasteiger partial charge on any atom is 0.261 e. The zero-order valence-electron chi connectivity index (χ0n) is 16.4. The molecule has 2 amide bonds. The van der Waals surface area contributed by atoms with Gasteiger partial charge in [-0.3, -0.25) is 20.2 Å². The molecule has 2 aromatic carbocycles. The Morgan fingerprint density at radius 2 is 1.77 bits per heavy atom. The van der Waals surface area contributed by atoms with Crippen molar-refractivity contribution < 1.29 is 14.3 Å². The fourth-order valence-corrected chi connectivity index (χ4v) is 4.91. The van der Waals surface area contributed by atoms with Crippen LogP contribution in [0.5, 0.6) is 5.75 Å². The highest BCUT2D eigenvalue weighted by Crippen LogP contribution is 2.31. The van der Waals surface area contributed by atoms with Gasteiger partial charge in [0.1, 0.15) is 10.8 Å². The normalized spacial score (nSPS) is 10.8. The number of aryl methyl sites for hydroxylation is 1. The lowest BCUT2D eigenvalue weighted by molar-refractivity contribution is -0.113. The fraction of sp³-hybridized carbons (Fsp3) is 0.158. The number of carbonyl (C=O) groups excluding carboxylic acids is 2. The van der Waals surface area contributed by atoms with E-state index in [4.69, 9.17) is 4.74 Å². The summed E-state index contributed by atoms with van der Waals surface area (Å²) >= 11 is 3.71. The van der Waals surface area contributed by atoms with Crippen molar-refractivity contribution in [1.29, 1.82) is 0 Å². The molecule has 2 aromatic heterocycles. The lowest BCUT2D eigenvalue weighted by Gasteiger charge is -2.11. The molecule has 0 radical (unpaired) electrons. The number of anilines is 2. The van der Waals surface area contributed by atoms with Crippen LogP contribution in [-0.2, 0) is 4.79 Å². The number of amides is 2. The molecule has 0 unspecified atom stereocenters. The Labute approximate surface area is 189 Å². The Bertz CT molecular complexity index is 1260. The van der Waals surface area contributed by atoms with Crippen LogP contribution >= 0.6 is 34.4 Å². The molecule has 158 valence electrons. The third kappa shape index (κ3) is 4.98. The van der Waals surface area contributed by atoms with Crippen LogP contribution < -0.4 is 15.4 Å². The van der Waals surface area contributed by atoms with Crippen molar-refractivity contribution in [3.8, 4) is 5.75 Å². The zero-order chi connectivity index (χ0) is 21.8. The van der Waals surface area contributed by atoms with Crippen LogP contribution in [0.15, 0.2) is 40.7 Å². The molecule has 0 aliphatic carbocycles. The number of benzene rings is 2. The summed E-state index contributed by atoms with van der Waals surface area (Å²) in [5.41, 5.74) is 0.400. The van der Waals surface area contributed by atoms with E-state index in [0.717, 1.165) is 15.8 Å². The van der Waals surface area contributed by atoms with E-state index in [1.165, 1.54) is 41.5 Å². The first-order valence-electron chi connectivity index (χ1n) is 8.97. The maximum atomic E-state index is 12.8.